The van der Waals surface area contributed by atoms with Crippen LogP contribution in [0.4, 0.5) is 4.39 Å². The third-order valence-corrected chi connectivity index (χ3v) is 5.33. The Labute approximate surface area is 158 Å². The molecular formula is C20H24ClFN2O2. The van der Waals surface area contributed by atoms with E-state index in [9.17, 15) is 9.50 Å². The number of hydrogen-bond donors (Lipinski definition) is 2. The van der Waals surface area contributed by atoms with E-state index in [-0.39, 0.29) is 17.1 Å². The molecule has 0 bridgehead atoms. The van der Waals surface area contributed by atoms with Gasteiger partial charge in [-0.2, -0.15) is 0 Å². The van der Waals surface area contributed by atoms with Crippen molar-refractivity contribution >= 4 is 11.6 Å². The molecule has 0 aromatic heterocycles. The van der Waals surface area contributed by atoms with Gasteiger partial charge >= 0.3 is 0 Å². The molecule has 0 radical (unpaired) electrons. The summed E-state index contributed by atoms with van der Waals surface area (Å²) in [7, 11) is 1.96. The first-order valence-corrected chi connectivity index (χ1v) is 9.04. The summed E-state index contributed by atoms with van der Waals surface area (Å²) in [6.45, 7) is 2.76. The lowest BCUT2D eigenvalue weighted by molar-refractivity contribution is 0.0137. The van der Waals surface area contributed by atoms with Gasteiger partial charge in [-0.15, -0.1) is 0 Å². The van der Waals surface area contributed by atoms with E-state index in [1.165, 1.54) is 29.3 Å². The predicted molar refractivity (Wildman–Crippen MR) is 101 cm³/mol. The normalized spacial score (nSPS) is 25.7. The van der Waals surface area contributed by atoms with Gasteiger partial charge in [0.05, 0.1) is 11.1 Å². The van der Waals surface area contributed by atoms with Gasteiger partial charge in [-0.05, 0) is 37.2 Å². The molecule has 1 saturated carbocycles. The average Bonchev–Trinajstić information content (AvgIpc) is 2.87. The molecule has 4 atom stereocenters. The number of rotatable bonds is 5. The topological polar surface area (TPSA) is 58.7 Å². The third kappa shape index (κ3) is 4.01. The summed E-state index contributed by atoms with van der Waals surface area (Å²) >= 11 is 5.80. The predicted octanol–water partition coefficient (Wildman–Crippen LogP) is 3.13. The van der Waals surface area contributed by atoms with E-state index in [1.807, 2.05) is 19.2 Å². The van der Waals surface area contributed by atoms with Crippen molar-refractivity contribution in [2.45, 2.75) is 44.2 Å². The zero-order chi connectivity index (χ0) is 18.8. The van der Waals surface area contributed by atoms with E-state index in [0.717, 1.165) is 0 Å². The zero-order valence-corrected chi connectivity index (χ0v) is 15.7. The summed E-state index contributed by atoms with van der Waals surface area (Å²) in [5, 5.41) is 10.8. The molecule has 2 aromatic rings. The number of nitrogens with two attached hydrogens (primary N) is 1. The van der Waals surface area contributed by atoms with Gasteiger partial charge in [0.25, 0.3) is 0 Å². The number of aliphatic hydroxyl groups excluding tert-OH is 1. The quantitative estimate of drug-likeness (QED) is 0.839. The SMILES string of the molecule is Cc1ccccc1CN(C)[C@@H]1[C@@H](O)[C@H](Oc2ccc(F)c(Cl)c2)C[C@H]1N. The Morgan fingerprint density at radius 2 is 2.04 bits per heavy atom. The molecule has 1 aliphatic rings. The number of likely N-dealkylation sites (N-methyl/N-ethyl adjacent to an activating group) is 1. The van der Waals surface area contributed by atoms with E-state index < -0.39 is 18.0 Å². The van der Waals surface area contributed by atoms with Crippen LogP contribution in [0.3, 0.4) is 0 Å². The van der Waals surface area contributed by atoms with E-state index >= 15 is 0 Å². The minimum atomic E-state index is -0.747. The molecule has 3 rings (SSSR count). The molecule has 140 valence electrons. The van der Waals surface area contributed by atoms with Crippen molar-refractivity contribution in [3.63, 3.8) is 0 Å². The lowest BCUT2D eigenvalue weighted by atomic mass is 10.1. The second-order valence-corrected chi connectivity index (χ2v) is 7.36. The summed E-state index contributed by atoms with van der Waals surface area (Å²) in [6, 6.07) is 11.9. The average molecular weight is 379 g/mol. The van der Waals surface area contributed by atoms with Crippen LogP contribution >= 0.6 is 11.6 Å². The molecule has 0 amide bonds. The third-order valence-electron chi connectivity index (χ3n) is 5.04. The van der Waals surface area contributed by atoms with Crippen molar-refractivity contribution in [2.75, 3.05) is 7.05 Å². The summed E-state index contributed by atoms with van der Waals surface area (Å²) in [5.74, 6) is -0.0756. The fourth-order valence-electron chi connectivity index (χ4n) is 3.61. The Kier molecular flexibility index (Phi) is 5.82. The maximum absolute atomic E-state index is 13.3. The van der Waals surface area contributed by atoms with Crippen molar-refractivity contribution in [3.05, 3.63) is 64.4 Å². The molecule has 0 spiro atoms. The van der Waals surface area contributed by atoms with Crippen molar-refractivity contribution in [1.29, 1.82) is 0 Å². The second-order valence-electron chi connectivity index (χ2n) is 6.95. The Balaban J connectivity index is 1.69. The van der Waals surface area contributed by atoms with Gasteiger partial charge in [-0.3, -0.25) is 4.90 Å². The van der Waals surface area contributed by atoms with Crippen LogP contribution < -0.4 is 10.5 Å². The highest BCUT2D eigenvalue weighted by Gasteiger charge is 2.44. The van der Waals surface area contributed by atoms with E-state index in [0.29, 0.717) is 18.7 Å². The van der Waals surface area contributed by atoms with Gasteiger partial charge in [0, 0.05) is 25.1 Å². The van der Waals surface area contributed by atoms with Crippen LogP contribution in [-0.4, -0.2) is 41.3 Å². The van der Waals surface area contributed by atoms with Crippen LogP contribution in [-0.2, 0) is 6.54 Å². The molecular weight excluding hydrogens is 355 g/mol. The maximum atomic E-state index is 13.3. The molecule has 26 heavy (non-hydrogen) atoms. The smallest absolute Gasteiger partial charge is 0.142 e. The molecule has 3 N–H and O–H groups in total. The number of halogens is 2. The van der Waals surface area contributed by atoms with Crippen LogP contribution in [0, 0.1) is 12.7 Å². The first-order valence-electron chi connectivity index (χ1n) is 8.67. The highest BCUT2D eigenvalue weighted by atomic mass is 35.5. The lowest BCUT2D eigenvalue weighted by Gasteiger charge is -2.31. The van der Waals surface area contributed by atoms with Crippen LogP contribution in [0.15, 0.2) is 42.5 Å². The molecule has 1 fully saturated rings. The fraction of sp³-hybridized carbons (Fsp3) is 0.400. The van der Waals surface area contributed by atoms with Gasteiger partial charge in [0.1, 0.15) is 23.8 Å². The van der Waals surface area contributed by atoms with Crippen LogP contribution in [0.25, 0.3) is 0 Å². The number of aryl methyl sites for hydroxylation is 1. The number of hydrogen-bond acceptors (Lipinski definition) is 4. The Hall–Kier alpha value is -1.66. The monoisotopic (exact) mass is 378 g/mol. The fourth-order valence-corrected chi connectivity index (χ4v) is 3.78. The number of ether oxygens (including phenoxy) is 1. The summed E-state index contributed by atoms with van der Waals surface area (Å²) in [4.78, 5) is 2.07. The first-order chi connectivity index (χ1) is 12.4. The van der Waals surface area contributed by atoms with Crippen molar-refractivity contribution in [3.8, 4) is 5.75 Å². The zero-order valence-electron chi connectivity index (χ0n) is 14.9. The van der Waals surface area contributed by atoms with Crippen molar-refractivity contribution in [2.24, 2.45) is 5.73 Å². The van der Waals surface area contributed by atoms with Crippen LogP contribution in [0.5, 0.6) is 5.75 Å². The molecule has 6 heteroatoms. The van der Waals surface area contributed by atoms with E-state index in [2.05, 4.69) is 24.0 Å². The summed E-state index contributed by atoms with van der Waals surface area (Å²) in [6.07, 6.45) is -0.697. The largest absolute Gasteiger partial charge is 0.488 e. The molecule has 0 unspecified atom stereocenters. The highest BCUT2D eigenvalue weighted by Crippen LogP contribution is 2.30. The molecule has 1 aliphatic carbocycles. The van der Waals surface area contributed by atoms with Crippen LogP contribution in [0.2, 0.25) is 5.02 Å². The maximum Gasteiger partial charge on any atom is 0.142 e. The minimum Gasteiger partial charge on any atom is -0.488 e. The van der Waals surface area contributed by atoms with Gasteiger partial charge in [-0.25, -0.2) is 4.39 Å². The molecule has 0 heterocycles. The standard InChI is InChI=1S/C20H24ClFN2O2/c1-12-5-3-4-6-13(12)11-24(2)19-17(23)10-18(20(19)25)26-14-7-8-16(22)15(21)9-14/h3-9,17-20,25H,10-11,23H2,1-2H3/t17-,18-,19+,20+/m1/s1. The van der Waals surface area contributed by atoms with Crippen LogP contribution in [0.1, 0.15) is 17.5 Å². The lowest BCUT2D eigenvalue weighted by Crippen LogP contribution is -2.48. The Bertz CT molecular complexity index is 773. The van der Waals surface area contributed by atoms with E-state index in [4.69, 9.17) is 22.1 Å². The van der Waals surface area contributed by atoms with Gasteiger partial charge in [-0.1, -0.05) is 35.9 Å². The van der Waals surface area contributed by atoms with Crippen molar-refractivity contribution in [1.82, 2.24) is 4.90 Å². The van der Waals surface area contributed by atoms with Crippen molar-refractivity contribution < 1.29 is 14.2 Å². The molecule has 2 aromatic carbocycles. The Morgan fingerprint density at radius 3 is 2.73 bits per heavy atom. The molecule has 0 saturated heterocycles. The molecule has 4 nitrogen and oxygen atoms in total. The minimum absolute atomic E-state index is 0.00694. The Morgan fingerprint density at radius 1 is 1.31 bits per heavy atom. The molecule has 0 aliphatic heterocycles. The summed E-state index contributed by atoms with van der Waals surface area (Å²) in [5.41, 5.74) is 8.69. The highest BCUT2D eigenvalue weighted by molar-refractivity contribution is 6.30. The second kappa shape index (κ2) is 7.92. The number of nitrogens with zero attached hydrogens (tertiary/aromatic N) is 1. The van der Waals surface area contributed by atoms with Gasteiger partial charge in [0.2, 0.25) is 0 Å². The number of benzene rings is 2. The van der Waals surface area contributed by atoms with Gasteiger partial charge in [0.15, 0.2) is 0 Å². The number of aliphatic hydroxyl groups is 1. The summed E-state index contributed by atoms with van der Waals surface area (Å²) < 4.78 is 19.1. The van der Waals surface area contributed by atoms with E-state index in [1.54, 1.807) is 0 Å². The first kappa shape index (κ1) is 19.1. The van der Waals surface area contributed by atoms with Gasteiger partial charge < -0.3 is 15.6 Å².